The maximum atomic E-state index is 13.5. The zero-order valence-electron chi connectivity index (χ0n) is 11.1. The van der Waals surface area contributed by atoms with Crippen molar-refractivity contribution in [2.24, 2.45) is 0 Å². The molecule has 1 aliphatic carbocycles. The summed E-state index contributed by atoms with van der Waals surface area (Å²) < 4.78 is 13.5. The second kappa shape index (κ2) is 5.16. The highest BCUT2D eigenvalue weighted by Crippen LogP contribution is 2.34. The first-order valence-corrected chi connectivity index (χ1v) is 6.92. The molecule has 20 heavy (non-hydrogen) atoms. The predicted octanol–water partition coefficient (Wildman–Crippen LogP) is 3.90. The first-order valence-electron chi connectivity index (χ1n) is 6.92. The molecular formula is C17H17FO2. The van der Waals surface area contributed by atoms with Gasteiger partial charge in [-0.05, 0) is 72.6 Å². The minimum absolute atomic E-state index is 0.260. The van der Waals surface area contributed by atoms with E-state index in [1.807, 2.05) is 12.1 Å². The van der Waals surface area contributed by atoms with E-state index in [-0.39, 0.29) is 11.7 Å². The molecule has 0 saturated heterocycles. The lowest BCUT2D eigenvalue weighted by Gasteiger charge is -2.16. The van der Waals surface area contributed by atoms with E-state index >= 15 is 0 Å². The number of halogens is 1. The third-order valence-corrected chi connectivity index (χ3v) is 4.10. The Morgan fingerprint density at radius 2 is 1.85 bits per heavy atom. The van der Waals surface area contributed by atoms with Crippen LogP contribution in [0.4, 0.5) is 4.39 Å². The Bertz CT molecular complexity index is 637. The lowest BCUT2D eigenvalue weighted by atomic mass is 9.90. The summed E-state index contributed by atoms with van der Waals surface area (Å²) in [6.07, 6.45) is 3.80. The lowest BCUT2D eigenvalue weighted by molar-refractivity contribution is 0.431. The van der Waals surface area contributed by atoms with E-state index in [1.165, 1.54) is 23.3 Å². The van der Waals surface area contributed by atoms with Gasteiger partial charge < -0.3 is 10.2 Å². The van der Waals surface area contributed by atoms with Crippen LogP contribution in [-0.4, -0.2) is 10.2 Å². The Labute approximate surface area is 117 Å². The number of phenols is 2. The van der Waals surface area contributed by atoms with Crippen LogP contribution in [0, 0.1) is 5.82 Å². The summed E-state index contributed by atoms with van der Waals surface area (Å²) in [7, 11) is 0. The first kappa shape index (κ1) is 13.0. The van der Waals surface area contributed by atoms with Gasteiger partial charge in [-0.2, -0.15) is 0 Å². The molecule has 0 saturated carbocycles. The fourth-order valence-corrected chi connectivity index (χ4v) is 3.01. The summed E-state index contributed by atoms with van der Waals surface area (Å²) in [5.74, 6) is -0.292. The van der Waals surface area contributed by atoms with Crippen LogP contribution in [-0.2, 0) is 12.8 Å². The SMILES string of the molecule is Oc1ccc2c(c1)CCCC(c1ccc(O)c(F)c1)C2. The summed E-state index contributed by atoms with van der Waals surface area (Å²) in [6.45, 7) is 0. The Morgan fingerprint density at radius 1 is 1.00 bits per heavy atom. The van der Waals surface area contributed by atoms with Crippen molar-refractivity contribution in [1.82, 2.24) is 0 Å². The largest absolute Gasteiger partial charge is 0.508 e. The van der Waals surface area contributed by atoms with Gasteiger partial charge in [0.1, 0.15) is 5.75 Å². The zero-order valence-corrected chi connectivity index (χ0v) is 11.1. The number of hydrogen-bond donors (Lipinski definition) is 2. The number of phenolic OH excluding ortho intramolecular Hbond substituents is 2. The summed E-state index contributed by atoms with van der Waals surface area (Å²) in [4.78, 5) is 0. The summed E-state index contributed by atoms with van der Waals surface area (Å²) in [5.41, 5.74) is 3.34. The third kappa shape index (κ3) is 2.48. The standard InChI is InChI=1S/C17H17FO2/c18-16-10-14(5-7-17(16)20)11-2-1-3-12-9-15(19)6-4-13(12)8-11/h4-7,9-11,19-20H,1-3,8H2. The topological polar surface area (TPSA) is 40.5 Å². The van der Waals surface area contributed by atoms with Crippen LogP contribution >= 0.6 is 0 Å². The van der Waals surface area contributed by atoms with Crippen molar-refractivity contribution in [1.29, 1.82) is 0 Å². The molecule has 1 aliphatic rings. The number of rotatable bonds is 1. The predicted molar refractivity (Wildman–Crippen MR) is 75.6 cm³/mol. The van der Waals surface area contributed by atoms with Gasteiger partial charge in [0, 0.05) is 0 Å². The molecule has 2 nitrogen and oxygen atoms in total. The van der Waals surface area contributed by atoms with Crippen molar-refractivity contribution >= 4 is 0 Å². The first-order chi connectivity index (χ1) is 9.63. The molecule has 0 amide bonds. The van der Waals surface area contributed by atoms with Crippen LogP contribution in [0.2, 0.25) is 0 Å². The molecule has 0 spiro atoms. The Hall–Kier alpha value is -2.03. The average Bonchev–Trinajstić information content (AvgIpc) is 2.63. The number of benzene rings is 2. The minimum atomic E-state index is -0.558. The second-order valence-corrected chi connectivity index (χ2v) is 5.46. The van der Waals surface area contributed by atoms with Gasteiger partial charge in [-0.1, -0.05) is 12.1 Å². The molecule has 3 heteroatoms. The summed E-state index contributed by atoms with van der Waals surface area (Å²) in [5, 5.41) is 18.8. The van der Waals surface area contributed by atoms with Crippen molar-refractivity contribution < 1.29 is 14.6 Å². The Morgan fingerprint density at radius 3 is 2.65 bits per heavy atom. The molecule has 1 unspecified atom stereocenters. The molecule has 2 aromatic rings. The Kier molecular flexibility index (Phi) is 3.35. The van der Waals surface area contributed by atoms with Gasteiger partial charge in [0.15, 0.2) is 11.6 Å². The van der Waals surface area contributed by atoms with E-state index in [9.17, 15) is 14.6 Å². The van der Waals surface area contributed by atoms with E-state index in [1.54, 1.807) is 12.1 Å². The van der Waals surface area contributed by atoms with Crippen LogP contribution in [0.15, 0.2) is 36.4 Å². The molecule has 0 fully saturated rings. The molecule has 1 atom stereocenters. The molecule has 2 N–H and O–H groups in total. The van der Waals surface area contributed by atoms with Gasteiger partial charge in [0.2, 0.25) is 0 Å². The van der Waals surface area contributed by atoms with E-state index in [0.29, 0.717) is 5.75 Å². The van der Waals surface area contributed by atoms with E-state index in [0.717, 1.165) is 31.2 Å². The van der Waals surface area contributed by atoms with Crippen molar-refractivity contribution in [2.75, 3.05) is 0 Å². The number of fused-ring (bicyclic) bond motifs is 1. The van der Waals surface area contributed by atoms with Crippen LogP contribution in [0.25, 0.3) is 0 Å². The number of aryl methyl sites for hydroxylation is 1. The van der Waals surface area contributed by atoms with Crippen LogP contribution in [0.1, 0.15) is 35.4 Å². The minimum Gasteiger partial charge on any atom is -0.508 e. The summed E-state index contributed by atoms with van der Waals surface area (Å²) in [6, 6.07) is 10.2. The molecule has 0 radical (unpaired) electrons. The molecule has 2 aromatic carbocycles. The fourth-order valence-electron chi connectivity index (χ4n) is 3.01. The zero-order chi connectivity index (χ0) is 14.1. The van der Waals surface area contributed by atoms with Gasteiger partial charge in [0.05, 0.1) is 0 Å². The monoisotopic (exact) mass is 272 g/mol. The molecule has 104 valence electrons. The quantitative estimate of drug-likeness (QED) is 0.773. The van der Waals surface area contributed by atoms with Crippen molar-refractivity contribution in [3.8, 4) is 11.5 Å². The fraction of sp³-hybridized carbons (Fsp3) is 0.294. The normalized spacial score (nSPS) is 18.4. The smallest absolute Gasteiger partial charge is 0.165 e. The van der Waals surface area contributed by atoms with E-state index in [4.69, 9.17) is 0 Å². The number of aromatic hydroxyl groups is 2. The van der Waals surface area contributed by atoms with Gasteiger partial charge in [-0.15, -0.1) is 0 Å². The van der Waals surface area contributed by atoms with Gasteiger partial charge in [-0.25, -0.2) is 4.39 Å². The average molecular weight is 272 g/mol. The molecule has 0 bridgehead atoms. The Balaban J connectivity index is 1.92. The molecular weight excluding hydrogens is 255 g/mol. The maximum absolute atomic E-state index is 13.5. The molecule has 0 aliphatic heterocycles. The highest BCUT2D eigenvalue weighted by Gasteiger charge is 2.19. The molecule has 0 aromatic heterocycles. The van der Waals surface area contributed by atoms with Gasteiger partial charge in [-0.3, -0.25) is 0 Å². The van der Waals surface area contributed by atoms with Gasteiger partial charge >= 0.3 is 0 Å². The second-order valence-electron chi connectivity index (χ2n) is 5.46. The number of hydrogen-bond acceptors (Lipinski definition) is 2. The molecule has 3 rings (SSSR count). The van der Waals surface area contributed by atoms with E-state index in [2.05, 4.69) is 0 Å². The van der Waals surface area contributed by atoms with Crippen molar-refractivity contribution in [3.05, 3.63) is 58.9 Å². The maximum Gasteiger partial charge on any atom is 0.165 e. The van der Waals surface area contributed by atoms with Crippen molar-refractivity contribution in [2.45, 2.75) is 31.6 Å². The third-order valence-electron chi connectivity index (χ3n) is 4.10. The lowest BCUT2D eigenvalue weighted by Crippen LogP contribution is -2.02. The van der Waals surface area contributed by atoms with Crippen LogP contribution in [0.3, 0.4) is 0 Å². The molecule has 0 heterocycles. The van der Waals surface area contributed by atoms with Gasteiger partial charge in [0.25, 0.3) is 0 Å². The van der Waals surface area contributed by atoms with Crippen LogP contribution in [0.5, 0.6) is 11.5 Å². The van der Waals surface area contributed by atoms with E-state index < -0.39 is 5.82 Å². The highest BCUT2D eigenvalue weighted by molar-refractivity contribution is 5.38. The summed E-state index contributed by atoms with van der Waals surface area (Å²) >= 11 is 0. The van der Waals surface area contributed by atoms with Crippen LogP contribution < -0.4 is 0 Å². The highest BCUT2D eigenvalue weighted by atomic mass is 19.1. The van der Waals surface area contributed by atoms with Crippen molar-refractivity contribution in [3.63, 3.8) is 0 Å².